The van der Waals surface area contributed by atoms with Gasteiger partial charge in [0.25, 0.3) is 0 Å². The molecule has 0 atom stereocenters. The summed E-state index contributed by atoms with van der Waals surface area (Å²) in [4.78, 5) is 2.29. The van der Waals surface area contributed by atoms with Gasteiger partial charge in [0.1, 0.15) is 0 Å². The van der Waals surface area contributed by atoms with E-state index in [1.54, 1.807) is 0 Å². The van der Waals surface area contributed by atoms with Crippen molar-refractivity contribution in [1.29, 1.82) is 0 Å². The van der Waals surface area contributed by atoms with Gasteiger partial charge in [0.2, 0.25) is 0 Å². The highest BCUT2D eigenvalue weighted by atomic mass is 16.5. The van der Waals surface area contributed by atoms with Gasteiger partial charge in [-0.15, -0.1) is 0 Å². The van der Waals surface area contributed by atoms with Crippen LogP contribution in [0.1, 0.15) is 11.1 Å². The first-order chi connectivity index (χ1) is 12.7. The van der Waals surface area contributed by atoms with Gasteiger partial charge in [0.15, 0.2) is 11.5 Å². The summed E-state index contributed by atoms with van der Waals surface area (Å²) in [5.41, 5.74) is 5.67. The van der Waals surface area contributed by atoms with Gasteiger partial charge in [0.05, 0.1) is 11.4 Å². The van der Waals surface area contributed by atoms with Crippen molar-refractivity contribution >= 4 is 27.8 Å². The molecule has 0 radical (unpaired) electrons. The molecule has 0 amide bonds. The van der Waals surface area contributed by atoms with Crippen LogP contribution < -0.4 is 9.64 Å². The van der Waals surface area contributed by atoms with Gasteiger partial charge in [-0.25, -0.2) is 0 Å². The monoisotopic (exact) mass is 337 g/mol. The molecule has 26 heavy (non-hydrogen) atoms. The molecule has 0 aliphatic carbocycles. The summed E-state index contributed by atoms with van der Waals surface area (Å²) in [5.74, 6) is 1.80. The van der Waals surface area contributed by atoms with Crippen LogP contribution in [0, 0.1) is 13.8 Å². The van der Waals surface area contributed by atoms with Gasteiger partial charge in [-0.2, -0.15) is 0 Å². The molecular formula is C24H19NO. The fraction of sp³-hybridized carbons (Fsp3) is 0.0833. The molecule has 5 rings (SSSR count). The first-order valence-electron chi connectivity index (χ1n) is 8.87. The molecule has 0 saturated carbocycles. The second kappa shape index (κ2) is 5.63. The van der Waals surface area contributed by atoms with Crippen molar-refractivity contribution in [2.45, 2.75) is 13.8 Å². The first-order valence-corrected chi connectivity index (χ1v) is 8.87. The Morgan fingerprint density at radius 1 is 0.615 bits per heavy atom. The van der Waals surface area contributed by atoms with Crippen molar-refractivity contribution in [3.05, 3.63) is 90.0 Å². The van der Waals surface area contributed by atoms with Crippen molar-refractivity contribution in [2.75, 3.05) is 4.90 Å². The molecule has 1 aliphatic heterocycles. The molecule has 2 heteroatoms. The van der Waals surface area contributed by atoms with Gasteiger partial charge in [-0.1, -0.05) is 42.5 Å². The second-order valence-corrected chi connectivity index (χ2v) is 6.91. The van der Waals surface area contributed by atoms with E-state index in [-0.39, 0.29) is 0 Å². The highest BCUT2D eigenvalue weighted by Crippen LogP contribution is 2.51. The Hall–Kier alpha value is -3.26. The second-order valence-electron chi connectivity index (χ2n) is 6.91. The highest BCUT2D eigenvalue weighted by molar-refractivity contribution is 5.92. The largest absolute Gasteiger partial charge is 0.453 e. The molecular weight excluding hydrogens is 318 g/mol. The minimum Gasteiger partial charge on any atom is -0.453 e. The Balaban J connectivity index is 1.76. The lowest BCUT2D eigenvalue weighted by Crippen LogP contribution is -2.16. The van der Waals surface area contributed by atoms with Crippen LogP contribution in [-0.2, 0) is 0 Å². The summed E-state index contributed by atoms with van der Waals surface area (Å²) in [6, 6.07) is 27.8. The molecule has 0 fully saturated rings. The van der Waals surface area contributed by atoms with Crippen molar-refractivity contribution in [3.8, 4) is 11.5 Å². The van der Waals surface area contributed by atoms with E-state index in [0.29, 0.717) is 0 Å². The number of fused-ring (bicyclic) bond motifs is 3. The number of aryl methyl sites for hydroxylation is 2. The zero-order chi connectivity index (χ0) is 17.7. The van der Waals surface area contributed by atoms with Gasteiger partial charge >= 0.3 is 0 Å². The topological polar surface area (TPSA) is 12.5 Å². The third-order valence-electron chi connectivity index (χ3n) is 4.92. The third kappa shape index (κ3) is 2.34. The average molecular weight is 337 g/mol. The maximum atomic E-state index is 6.24. The summed E-state index contributed by atoms with van der Waals surface area (Å²) >= 11 is 0. The maximum absolute atomic E-state index is 6.24. The Labute approximate surface area is 153 Å². The summed E-state index contributed by atoms with van der Waals surface area (Å²) in [5, 5.41) is 2.48. The maximum Gasteiger partial charge on any atom is 0.151 e. The molecule has 4 aromatic rings. The summed E-state index contributed by atoms with van der Waals surface area (Å²) in [7, 11) is 0. The van der Waals surface area contributed by atoms with Crippen LogP contribution in [0.2, 0.25) is 0 Å². The number of benzene rings is 4. The van der Waals surface area contributed by atoms with Gasteiger partial charge in [-0.05, 0) is 72.1 Å². The van der Waals surface area contributed by atoms with Gasteiger partial charge in [0, 0.05) is 5.69 Å². The molecule has 0 N–H and O–H groups in total. The number of nitrogens with zero attached hydrogens (tertiary/aromatic N) is 1. The van der Waals surface area contributed by atoms with E-state index in [0.717, 1.165) is 28.6 Å². The predicted octanol–water partition coefficient (Wildman–Crippen LogP) is 7.03. The summed E-state index contributed by atoms with van der Waals surface area (Å²) < 4.78 is 6.24. The van der Waals surface area contributed by atoms with Gasteiger partial charge in [-0.3, -0.25) is 0 Å². The molecule has 0 unspecified atom stereocenters. The standard InChI is InChI=1S/C24H19NO/c1-16-7-11-21-23(13-16)26-24-14-17(2)8-12-22(24)25(21)20-10-9-18-5-3-4-6-19(18)15-20/h3-15H,1-2H3. The molecule has 0 aromatic heterocycles. The van der Waals surface area contributed by atoms with Gasteiger partial charge < -0.3 is 9.64 Å². The van der Waals surface area contributed by atoms with Crippen LogP contribution in [0.25, 0.3) is 10.8 Å². The van der Waals surface area contributed by atoms with E-state index in [2.05, 4.69) is 97.6 Å². The average Bonchev–Trinajstić information content (AvgIpc) is 2.65. The van der Waals surface area contributed by atoms with E-state index in [1.807, 2.05) is 0 Å². The fourth-order valence-corrected chi connectivity index (χ4v) is 3.62. The van der Waals surface area contributed by atoms with E-state index in [1.165, 1.54) is 21.9 Å². The van der Waals surface area contributed by atoms with Crippen LogP contribution in [0.5, 0.6) is 11.5 Å². The lowest BCUT2D eigenvalue weighted by molar-refractivity contribution is 0.476. The molecule has 1 heterocycles. The highest BCUT2D eigenvalue weighted by Gasteiger charge is 2.26. The number of anilines is 3. The minimum absolute atomic E-state index is 0.899. The number of ether oxygens (including phenoxy) is 1. The number of hydrogen-bond acceptors (Lipinski definition) is 2. The van der Waals surface area contributed by atoms with E-state index in [4.69, 9.17) is 4.74 Å². The Kier molecular flexibility index (Phi) is 3.26. The van der Waals surface area contributed by atoms with Crippen LogP contribution in [0.15, 0.2) is 78.9 Å². The first kappa shape index (κ1) is 15.0. The van der Waals surface area contributed by atoms with E-state index < -0.39 is 0 Å². The van der Waals surface area contributed by atoms with Crippen LogP contribution >= 0.6 is 0 Å². The van der Waals surface area contributed by atoms with Crippen molar-refractivity contribution < 1.29 is 4.74 Å². The molecule has 4 aromatic carbocycles. The quantitative estimate of drug-likeness (QED) is 0.325. The molecule has 0 saturated heterocycles. The molecule has 0 bridgehead atoms. The fourth-order valence-electron chi connectivity index (χ4n) is 3.62. The molecule has 126 valence electrons. The molecule has 2 nitrogen and oxygen atoms in total. The number of rotatable bonds is 1. The Bertz CT molecular complexity index is 1090. The Morgan fingerprint density at radius 2 is 1.23 bits per heavy atom. The van der Waals surface area contributed by atoms with Crippen molar-refractivity contribution in [2.24, 2.45) is 0 Å². The SMILES string of the molecule is Cc1ccc2c(c1)Oc1cc(C)ccc1N2c1ccc2ccccc2c1. The molecule has 1 aliphatic rings. The zero-order valence-electron chi connectivity index (χ0n) is 14.9. The zero-order valence-corrected chi connectivity index (χ0v) is 14.9. The van der Waals surface area contributed by atoms with E-state index >= 15 is 0 Å². The normalized spacial score (nSPS) is 12.5. The molecule has 0 spiro atoms. The van der Waals surface area contributed by atoms with Crippen LogP contribution in [0.3, 0.4) is 0 Å². The summed E-state index contributed by atoms with van der Waals surface area (Å²) in [6.45, 7) is 4.19. The predicted molar refractivity (Wildman–Crippen MR) is 108 cm³/mol. The number of hydrogen-bond donors (Lipinski definition) is 0. The minimum atomic E-state index is 0.899. The Morgan fingerprint density at radius 3 is 1.88 bits per heavy atom. The lowest BCUT2D eigenvalue weighted by Gasteiger charge is -2.33. The third-order valence-corrected chi connectivity index (χ3v) is 4.92. The van der Waals surface area contributed by atoms with Crippen molar-refractivity contribution in [3.63, 3.8) is 0 Å². The van der Waals surface area contributed by atoms with Crippen LogP contribution in [-0.4, -0.2) is 0 Å². The van der Waals surface area contributed by atoms with Crippen molar-refractivity contribution in [1.82, 2.24) is 0 Å². The van der Waals surface area contributed by atoms with E-state index in [9.17, 15) is 0 Å². The summed E-state index contributed by atoms with van der Waals surface area (Å²) in [6.07, 6.45) is 0. The lowest BCUT2D eigenvalue weighted by atomic mass is 10.1. The smallest absolute Gasteiger partial charge is 0.151 e. The van der Waals surface area contributed by atoms with Crippen LogP contribution in [0.4, 0.5) is 17.1 Å².